The Morgan fingerprint density at radius 1 is 0.885 bits per heavy atom. The topological polar surface area (TPSA) is 54.4 Å². The molecule has 0 unspecified atom stereocenters. The first-order chi connectivity index (χ1) is 12.2. The fourth-order valence-electron chi connectivity index (χ4n) is 3.32. The Balaban J connectivity index is 2.16. The van der Waals surface area contributed by atoms with Crippen LogP contribution in [-0.2, 0) is 9.59 Å². The Kier molecular flexibility index (Phi) is 4.68. The highest BCUT2D eigenvalue weighted by molar-refractivity contribution is 6.39. The second kappa shape index (κ2) is 6.65. The van der Waals surface area contributed by atoms with Gasteiger partial charge in [-0.25, -0.2) is 0 Å². The van der Waals surface area contributed by atoms with Crippen LogP contribution < -0.4 is 0 Å². The molecule has 1 N–H and O–H groups in total. The van der Waals surface area contributed by atoms with Gasteiger partial charge in [0.05, 0.1) is 5.60 Å². The number of rotatable bonds is 4. The lowest BCUT2D eigenvalue weighted by Crippen LogP contribution is -2.24. The van der Waals surface area contributed by atoms with Gasteiger partial charge in [0.2, 0.25) is 0 Å². The predicted octanol–water partition coefficient (Wildman–Crippen LogP) is 4.63. The highest BCUT2D eigenvalue weighted by Gasteiger charge is 2.31. The molecule has 3 heteroatoms. The molecule has 0 heterocycles. The monoisotopic (exact) mass is 348 g/mol. The van der Waals surface area contributed by atoms with Crippen LogP contribution in [0.4, 0.5) is 0 Å². The summed E-state index contributed by atoms with van der Waals surface area (Å²) < 4.78 is 0. The standard InChI is InChI=1S/C23H24O3/c1-14-15(2)22(25)20(19(21(14)24)11-12-23(3,4)26)18-10-9-16-7-5-6-8-17(16)13-18/h5-10,13,26H,11-12H2,1-4H3. The van der Waals surface area contributed by atoms with Gasteiger partial charge in [-0.2, -0.15) is 0 Å². The lowest BCUT2D eigenvalue weighted by Gasteiger charge is -2.24. The van der Waals surface area contributed by atoms with Gasteiger partial charge in [0, 0.05) is 22.3 Å². The van der Waals surface area contributed by atoms with E-state index in [1.807, 2.05) is 42.5 Å². The van der Waals surface area contributed by atoms with Crippen molar-refractivity contribution in [2.24, 2.45) is 0 Å². The SMILES string of the molecule is CC1=C(C)C(=O)C(c2ccc3ccccc3c2)=C(CCC(C)(C)O)C1=O. The second-order valence-electron chi connectivity index (χ2n) is 7.64. The van der Waals surface area contributed by atoms with E-state index >= 15 is 0 Å². The molecule has 1 aliphatic carbocycles. The minimum atomic E-state index is -0.894. The Bertz CT molecular complexity index is 968. The van der Waals surface area contributed by atoms with E-state index in [-0.39, 0.29) is 11.6 Å². The Hall–Kier alpha value is -2.52. The van der Waals surface area contributed by atoms with Crippen LogP contribution in [0.5, 0.6) is 0 Å². The number of carbonyl (C=O) groups is 2. The quantitative estimate of drug-likeness (QED) is 0.820. The maximum absolute atomic E-state index is 13.0. The van der Waals surface area contributed by atoms with Gasteiger partial charge in [0.25, 0.3) is 0 Å². The van der Waals surface area contributed by atoms with Gasteiger partial charge >= 0.3 is 0 Å². The molecular formula is C23H24O3. The van der Waals surface area contributed by atoms with Crippen LogP contribution in [0.25, 0.3) is 16.3 Å². The van der Waals surface area contributed by atoms with Crippen molar-refractivity contribution in [3.05, 3.63) is 64.7 Å². The minimum absolute atomic E-state index is 0.0884. The van der Waals surface area contributed by atoms with Crippen LogP contribution in [-0.4, -0.2) is 22.3 Å². The maximum atomic E-state index is 13.0. The zero-order valence-corrected chi connectivity index (χ0v) is 15.7. The van der Waals surface area contributed by atoms with Crippen LogP contribution >= 0.6 is 0 Å². The van der Waals surface area contributed by atoms with E-state index in [0.717, 1.165) is 16.3 Å². The van der Waals surface area contributed by atoms with Crippen molar-refractivity contribution in [1.82, 2.24) is 0 Å². The van der Waals surface area contributed by atoms with Gasteiger partial charge in [-0.15, -0.1) is 0 Å². The van der Waals surface area contributed by atoms with Crippen molar-refractivity contribution in [3.63, 3.8) is 0 Å². The smallest absolute Gasteiger partial charge is 0.190 e. The number of ketones is 2. The van der Waals surface area contributed by atoms with Crippen molar-refractivity contribution in [1.29, 1.82) is 0 Å². The summed E-state index contributed by atoms with van der Waals surface area (Å²) in [5.74, 6) is -0.183. The fourth-order valence-corrected chi connectivity index (χ4v) is 3.32. The van der Waals surface area contributed by atoms with E-state index in [9.17, 15) is 14.7 Å². The molecule has 3 nitrogen and oxygen atoms in total. The number of allylic oxidation sites excluding steroid dienone is 4. The van der Waals surface area contributed by atoms with Crippen molar-refractivity contribution in [2.75, 3.05) is 0 Å². The number of aliphatic hydroxyl groups is 1. The van der Waals surface area contributed by atoms with Crippen LogP contribution in [0.2, 0.25) is 0 Å². The molecule has 134 valence electrons. The molecule has 0 saturated heterocycles. The summed E-state index contributed by atoms with van der Waals surface area (Å²) in [4.78, 5) is 25.9. The number of hydrogen-bond donors (Lipinski definition) is 1. The molecule has 0 atom stereocenters. The number of hydrogen-bond acceptors (Lipinski definition) is 3. The third kappa shape index (κ3) is 3.40. The van der Waals surface area contributed by atoms with Crippen LogP contribution in [0.15, 0.2) is 59.2 Å². The Morgan fingerprint density at radius 2 is 1.50 bits per heavy atom. The molecule has 0 bridgehead atoms. The number of benzene rings is 2. The number of Topliss-reactive ketones (excluding diaryl/α,β-unsaturated/α-hetero) is 2. The first-order valence-electron chi connectivity index (χ1n) is 8.90. The molecule has 26 heavy (non-hydrogen) atoms. The molecule has 0 amide bonds. The Morgan fingerprint density at radius 3 is 2.15 bits per heavy atom. The average molecular weight is 348 g/mol. The summed E-state index contributed by atoms with van der Waals surface area (Å²) in [7, 11) is 0. The normalized spacial score (nSPS) is 16.0. The molecule has 0 aliphatic heterocycles. The summed E-state index contributed by atoms with van der Waals surface area (Å²) >= 11 is 0. The van der Waals surface area contributed by atoms with Gasteiger partial charge in [-0.1, -0.05) is 36.4 Å². The summed E-state index contributed by atoms with van der Waals surface area (Å²) in [5, 5.41) is 12.2. The van der Waals surface area contributed by atoms with Crippen molar-refractivity contribution in [2.45, 2.75) is 46.1 Å². The molecular weight excluding hydrogens is 324 g/mol. The van der Waals surface area contributed by atoms with Crippen molar-refractivity contribution in [3.8, 4) is 0 Å². The molecule has 0 saturated carbocycles. The van der Waals surface area contributed by atoms with Gasteiger partial charge < -0.3 is 5.11 Å². The van der Waals surface area contributed by atoms with Crippen LogP contribution in [0.1, 0.15) is 46.1 Å². The van der Waals surface area contributed by atoms with E-state index in [2.05, 4.69) is 0 Å². The van der Waals surface area contributed by atoms with Gasteiger partial charge in [0.1, 0.15) is 0 Å². The third-order valence-corrected chi connectivity index (χ3v) is 5.07. The molecule has 3 rings (SSSR count). The maximum Gasteiger partial charge on any atom is 0.190 e. The van der Waals surface area contributed by atoms with Crippen molar-refractivity contribution >= 4 is 27.9 Å². The average Bonchev–Trinajstić information content (AvgIpc) is 2.60. The molecule has 1 aliphatic rings. The van der Waals surface area contributed by atoms with E-state index in [0.29, 0.717) is 35.1 Å². The van der Waals surface area contributed by atoms with Crippen LogP contribution in [0, 0.1) is 0 Å². The highest BCUT2D eigenvalue weighted by atomic mass is 16.3. The second-order valence-corrected chi connectivity index (χ2v) is 7.64. The molecule has 0 aromatic heterocycles. The van der Waals surface area contributed by atoms with E-state index in [4.69, 9.17) is 0 Å². The predicted molar refractivity (Wildman–Crippen MR) is 105 cm³/mol. The third-order valence-electron chi connectivity index (χ3n) is 5.07. The molecule has 0 radical (unpaired) electrons. The molecule has 2 aromatic rings. The zero-order chi connectivity index (χ0) is 19.1. The summed E-state index contributed by atoms with van der Waals surface area (Å²) in [6.45, 7) is 6.85. The first kappa shape index (κ1) is 18.3. The number of carbonyl (C=O) groups excluding carboxylic acids is 2. The highest BCUT2D eigenvalue weighted by Crippen LogP contribution is 2.35. The van der Waals surface area contributed by atoms with Gasteiger partial charge in [-0.05, 0) is 62.9 Å². The Labute approximate surface area is 154 Å². The molecule has 2 aromatic carbocycles. The van der Waals surface area contributed by atoms with E-state index in [1.165, 1.54) is 0 Å². The fraction of sp³-hybridized carbons (Fsp3) is 0.304. The zero-order valence-electron chi connectivity index (χ0n) is 15.7. The van der Waals surface area contributed by atoms with Gasteiger partial charge in [0.15, 0.2) is 11.6 Å². The van der Waals surface area contributed by atoms with Gasteiger partial charge in [-0.3, -0.25) is 9.59 Å². The summed E-state index contributed by atoms with van der Waals surface area (Å²) in [5.41, 5.74) is 1.87. The van der Waals surface area contributed by atoms with Crippen molar-refractivity contribution < 1.29 is 14.7 Å². The molecule has 0 fully saturated rings. The van der Waals surface area contributed by atoms with Crippen LogP contribution in [0.3, 0.4) is 0 Å². The summed E-state index contributed by atoms with van der Waals surface area (Å²) in [6, 6.07) is 13.8. The molecule has 0 spiro atoms. The first-order valence-corrected chi connectivity index (χ1v) is 8.90. The number of fused-ring (bicyclic) bond motifs is 1. The lowest BCUT2D eigenvalue weighted by molar-refractivity contribution is -0.115. The summed E-state index contributed by atoms with van der Waals surface area (Å²) in [6.07, 6.45) is 0.797. The minimum Gasteiger partial charge on any atom is -0.390 e. The van der Waals surface area contributed by atoms with E-state index in [1.54, 1.807) is 27.7 Å². The largest absolute Gasteiger partial charge is 0.390 e. The van der Waals surface area contributed by atoms with E-state index < -0.39 is 5.60 Å². The lowest BCUT2D eigenvalue weighted by atomic mass is 9.79.